The average molecular weight is 295 g/mol. The molecule has 2 aromatic rings. The third-order valence-corrected chi connectivity index (χ3v) is 4.65. The average Bonchev–Trinajstić information content (AvgIpc) is 3.04. The van der Waals surface area contributed by atoms with Crippen LogP contribution >= 0.6 is 0 Å². The molecule has 1 aliphatic carbocycles. The van der Waals surface area contributed by atoms with Gasteiger partial charge in [0.05, 0.1) is 0 Å². The summed E-state index contributed by atoms with van der Waals surface area (Å²) in [5.74, 6) is 2.01. The smallest absolute Gasteiger partial charge is 0.161 e. The van der Waals surface area contributed by atoms with E-state index in [1.807, 2.05) is 12.1 Å². The molecular formula is C17H21N5. The summed E-state index contributed by atoms with van der Waals surface area (Å²) in [5, 5.41) is 0. The van der Waals surface area contributed by atoms with E-state index in [2.05, 4.69) is 21.8 Å². The Balaban J connectivity index is 1.75. The number of piperazine rings is 1. The molecule has 0 atom stereocenters. The minimum absolute atomic E-state index is 0.844. The molecule has 0 unspecified atom stereocenters. The summed E-state index contributed by atoms with van der Waals surface area (Å²) < 4.78 is 0. The van der Waals surface area contributed by atoms with Gasteiger partial charge in [0.15, 0.2) is 5.82 Å². The zero-order chi connectivity index (χ0) is 14.9. The van der Waals surface area contributed by atoms with Crippen molar-refractivity contribution in [2.45, 2.75) is 19.3 Å². The van der Waals surface area contributed by atoms with Gasteiger partial charge in [0.2, 0.25) is 0 Å². The highest BCUT2D eigenvalue weighted by Crippen LogP contribution is 2.31. The molecule has 1 aliphatic heterocycles. The Kier molecular flexibility index (Phi) is 3.50. The summed E-state index contributed by atoms with van der Waals surface area (Å²) >= 11 is 0. The van der Waals surface area contributed by atoms with E-state index in [1.54, 1.807) is 12.4 Å². The third-order valence-electron chi connectivity index (χ3n) is 4.65. The van der Waals surface area contributed by atoms with Gasteiger partial charge in [-0.25, -0.2) is 9.97 Å². The molecule has 4 rings (SSSR count). The highest BCUT2D eigenvalue weighted by molar-refractivity contribution is 5.61. The van der Waals surface area contributed by atoms with Crippen LogP contribution in [-0.2, 0) is 12.8 Å². The Morgan fingerprint density at radius 1 is 0.955 bits per heavy atom. The number of pyridine rings is 1. The molecule has 2 aliphatic rings. The molecule has 0 bridgehead atoms. The third kappa shape index (κ3) is 2.46. The van der Waals surface area contributed by atoms with Crippen LogP contribution in [0.25, 0.3) is 11.4 Å². The maximum absolute atomic E-state index is 4.93. The summed E-state index contributed by atoms with van der Waals surface area (Å²) in [6.45, 7) is 4.30. The number of hydrogen-bond acceptors (Lipinski definition) is 5. The highest BCUT2D eigenvalue weighted by Gasteiger charge is 2.25. The SMILES string of the molecule is CN1CCN(c2nc(-c3ccncc3)nc3c2CCC3)CC1. The lowest BCUT2D eigenvalue weighted by Crippen LogP contribution is -2.45. The second-order valence-corrected chi connectivity index (χ2v) is 6.18. The van der Waals surface area contributed by atoms with Gasteiger partial charge in [-0.3, -0.25) is 4.98 Å². The van der Waals surface area contributed by atoms with E-state index >= 15 is 0 Å². The first-order valence-electron chi connectivity index (χ1n) is 8.05. The van der Waals surface area contributed by atoms with Gasteiger partial charge in [0, 0.05) is 55.4 Å². The number of rotatable bonds is 2. The van der Waals surface area contributed by atoms with Gasteiger partial charge in [-0.2, -0.15) is 0 Å². The van der Waals surface area contributed by atoms with Crippen LogP contribution in [0.4, 0.5) is 5.82 Å². The van der Waals surface area contributed by atoms with Crippen LogP contribution < -0.4 is 4.90 Å². The Labute approximate surface area is 131 Å². The fourth-order valence-electron chi connectivity index (χ4n) is 3.32. The van der Waals surface area contributed by atoms with Crippen molar-refractivity contribution in [3.8, 4) is 11.4 Å². The number of anilines is 1. The molecule has 0 radical (unpaired) electrons. The van der Waals surface area contributed by atoms with Gasteiger partial charge >= 0.3 is 0 Å². The molecule has 5 heteroatoms. The molecular weight excluding hydrogens is 274 g/mol. The minimum Gasteiger partial charge on any atom is -0.354 e. The number of likely N-dealkylation sites (N-methyl/N-ethyl adjacent to an activating group) is 1. The molecule has 3 heterocycles. The monoisotopic (exact) mass is 295 g/mol. The first-order valence-corrected chi connectivity index (χ1v) is 8.05. The topological polar surface area (TPSA) is 45.2 Å². The van der Waals surface area contributed by atoms with Crippen molar-refractivity contribution in [3.05, 3.63) is 35.8 Å². The molecule has 1 saturated heterocycles. The molecule has 0 amide bonds. The van der Waals surface area contributed by atoms with Crippen LogP contribution in [0.15, 0.2) is 24.5 Å². The van der Waals surface area contributed by atoms with Gasteiger partial charge < -0.3 is 9.80 Å². The van der Waals surface area contributed by atoms with Gasteiger partial charge in [-0.1, -0.05) is 0 Å². The molecule has 0 saturated carbocycles. The van der Waals surface area contributed by atoms with Crippen LogP contribution in [0.1, 0.15) is 17.7 Å². The second-order valence-electron chi connectivity index (χ2n) is 6.18. The summed E-state index contributed by atoms with van der Waals surface area (Å²) in [6, 6.07) is 3.98. The van der Waals surface area contributed by atoms with Gasteiger partial charge in [-0.05, 0) is 38.4 Å². The molecule has 22 heavy (non-hydrogen) atoms. The predicted octanol–water partition coefficient (Wildman–Crippen LogP) is 1.78. The van der Waals surface area contributed by atoms with E-state index in [0.29, 0.717) is 0 Å². The Hall–Kier alpha value is -2.01. The van der Waals surface area contributed by atoms with Crippen molar-refractivity contribution in [1.29, 1.82) is 0 Å². The number of nitrogens with zero attached hydrogens (tertiary/aromatic N) is 5. The zero-order valence-electron chi connectivity index (χ0n) is 13.0. The van der Waals surface area contributed by atoms with E-state index in [9.17, 15) is 0 Å². The fraction of sp³-hybridized carbons (Fsp3) is 0.471. The first kappa shape index (κ1) is 13.6. The molecule has 0 N–H and O–H groups in total. The first-order chi connectivity index (χ1) is 10.8. The number of fused-ring (bicyclic) bond motifs is 1. The molecule has 1 fully saturated rings. The molecule has 0 aromatic carbocycles. The summed E-state index contributed by atoms with van der Waals surface area (Å²) in [4.78, 5) is 18.7. The molecule has 2 aromatic heterocycles. The Morgan fingerprint density at radius 2 is 1.73 bits per heavy atom. The van der Waals surface area contributed by atoms with Gasteiger partial charge in [0.1, 0.15) is 5.82 Å². The van der Waals surface area contributed by atoms with Crippen LogP contribution in [0, 0.1) is 0 Å². The number of aryl methyl sites for hydroxylation is 1. The maximum Gasteiger partial charge on any atom is 0.161 e. The lowest BCUT2D eigenvalue weighted by molar-refractivity contribution is 0.312. The van der Waals surface area contributed by atoms with Crippen molar-refractivity contribution in [1.82, 2.24) is 19.9 Å². The van der Waals surface area contributed by atoms with Crippen LogP contribution in [0.2, 0.25) is 0 Å². The van der Waals surface area contributed by atoms with E-state index in [-0.39, 0.29) is 0 Å². The van der Waals surface area contributed by atoms with Gasteiger partial charge in [-0.15, -0.1) is 0 Å². The number of aromatic nitrogens is 3. The van der Waals surface area contributed by atoms with Crippen molar-refractivity contribution < 1.29 is 0 Å². The summed E-state index contributed by atoms with van der Waals surface area (Å²) in [6.07, 6.45) is 7.01. The molecule has 5 nitrogen and oxygen atoms in total. The molecule has 0 spiro atoms. The fourth-order valence-corrected chi connectivity index (χ4v) is 3.32. The lowest BCUT2D eigenvalue weighted by Gasteiger charge is -2.34. The largest absolute Gasteiger partial charge is 0.354 e. The van der Waals surface area contributed by atoms with E-state index in [4.69, 9.17) is 9.97 Å². The van der Waals surface area contributed by atoms with Crippen molar-refractivity contribution in [3.63, 3.8) is 0 Å². The van der Waals surface area contributed by atoms with Crippen LogP contribution in [0.5, 0.6) is 0 Å². The van der Waals surface area contributed by atoms with E-state index in [1.165, 1.54) is 23.5 Å². The maximum atomic E-state index is 4.93. The Morgan fingerprint density at radius 3 is 2.50 bits per heavy atom. The van der Waals surface area contributed by atoms with Crippen molar-refractivity contribution in [2.75, 3.05) is 38.1 Å². The van der Waals surface area contributed by atoms with E-state index in [0.717, 1.165) is 50.4 Å². The standard InChI is InChI=1S/C17H21N5/c1-21-9-11-22(12-10-21)17-14-3-2-4-15(14)19-16(20-17)13-5-7-18-8-6-13/h5-8H,2-4,9-12H2,1H3. The molecule has 114 valence electrons. The number of hydrogen-bond donors (Lipinski definition) is 0. The predicted molar refractivity (Wildman–Crippen MR) is 87.0 cm³/mol. The summed E-state index contributed by atoms with van der Waals surface area (Å²) in [5.41, 5.74) is 3.68. The minimum atomic E-state index is 0.844. The van der Waals surface area contributed by atoms with Crippen molar-refractivity contribution in [2.24, 2.45) is 0 Å². The van der Waals surface area contributed by atoms with Crippen LogP contribution in [-0.4, -0.2) is 53.1 Å². The summed E-state index contributed by atoms with van der Waals surface area (Å²) in [7, 11) is 2.18. The van der Waals surface area contributed by atoms with E-state index < -0.39 is 0 Å². The Bertz CT molecular complexity index is 662. The van der Waals surface area contributed by atoms with Crippen molar-refractivity contribution >= 4 is 5.82 Å². The quantitative estimate of drug-likeness (QED) is 0.845. The second kappa shape index (κ2) is 5.65. The van der Waals surface area contributed by atoms with Gasteiger partial charge in [0.25, 0.3) is 0 Å². The highest BCUT2D eigenvalue weighted by atomic mass is 15.3. The normalized spacial score (nSPS) is 18.5. The van der Waals surface area contributed by atoms with Crippen LogP contribution in [0.3, 0.4) is 0 Å². The lowest BCUT2D eigenvalue weighted by atomic mass is 10.2. The zero-order valence-corrected chi connectivity index (χ0v) is 13.0.